The number of rotatable bonds is 7. The Balaban J connectivity index is 0.000000705. The zero-order valence-electron chi connectivity index (χ0n) is 14.6. The molecule has 2 aromatic carbocycles. The van der Waals surface area contributed by atoms with Gasteiger partial charge < -0.3 is 15.5 Å². The predicted octanol–water partition coefficient (Wildman–Crippen LogP) is 3.65. The lowest BCUT2D eigenvalue weighted by atomic mass is 9.92. The number of aliphatic carboxylic acids is 2. The Bertz CT molecular complexity index is 666. The van der Waals surface area contributed by atoms with Crippen molar-refractivity contribution in [3.8, 4) is 0 Å². The number of nitrogens with one attached hydrogen (secondary N) is 1. The molecular weight excluding hydrogens is 318 g/mol. The van der Waals surface area contributed by atoms with Crippen molar-refractivity contribution in [3.63, 3.8) is 0 Å². The molecule has 0 amide bonds. The summed E-state index contributed by atoms with van der Waals surface area (Å²) in [6.45, 7) is 4.45. The van der Waals surface area contributed by atoms with Crippen molar-refractivity contribution < 1.29 is 19.8 Å². The van der Waals surface area contributed by atoms with Crippen LogP contribution in [0.5, 0.6) is 0 Å². The second-order valence-corrected chi connectivity index (χ2v) is 5.61. The van der Waals surface area contributed by atoms with E-state index < -0.39 is 17.9 Å². The van der Waals surface area contributed by atoms with Crippen LogP contribution in [0.1, 0.15) is 42.9 Å². The monoisotopic (exact) mass is 343 g/mol. The fourth-order valence-electron chi connectivity index (χ4n) is 2.50. The van der Waals surface area contributed by atoms with Crippen LogP contribution >= 0.6 is 0 Å². The Kier molecular flexibility index (Phi) is 8.96. The molecule has 0 aliphatic carbocycles. The molecule has 0 aliphatic heterocycles. The summed E-state index contributed by atoms with van der Waals surface area (Å²) in [6.07, 6.45) is 0.602. The number of carbonyl (C=O) groups is 2. The van der Waals surface area contributed by atoms with E-state index in [2.05, 4.69) is 17.4 Å². The van der Waals surface area contributed by atoms with Gasteiger partial charge >= 0.3 is 5.97 Å². The fraction of sp³-hybridized carbons (Fsp3) is 0.300. The molecule has 0 aromatic heterocycles. The molecule has 0 saturated carbocycles. The minimum absolute atomic E-state index is 0.431. The molecule has 2 rings (SSSR count). The van der Waals surface area contributed by atoms with Crippen molar-refractivity contribution in [2.24, 2.45) is 0 Å². The van der Waals surface area contributed by atoms with E-state index in [1.165, 1.54) is 5.56 Å². The van der Waals surface area contributed by atoms with Crippen LogP contribution < -0.4 is 5.32 Å². The van der Waals surface area contributed by atoms with E-state index in [0.29, 0.717) is 13.0 Å². The maximum atomic E-state index is 11.4. The van der Waals surface area contributed by atoms with Gasteiger partial charge in [0.25, 0.3) is 5.97 Å². The molecule has 0 radical (unpaired) electrons. The summed E-state index contributed by atoms with van der Waals surface area (Å²) in [6, 6.07) is 18.0. The number of carboxylic acid groups (broad SMARTS) is 2. The molecule has 0 spiro atoms. The summed E-state index contributed by atoms with van der Waals surface area (Å²) in [4.78, 5) is 20.4. The van der Waals surface area contributed by atoms with E-state index in [1.807, 2.05) is 49.4 Å². The Morgan fingerprint density at radius 3 is 2.08 bits per heavy atom. The van der Waals surface area contributed by atoms with E-state index in [4.69, 9.17) is 9.90 Å². The Morgan fingerprint density at radius 2 is 1.52 bits per heavy atom. The fourth-order valence-corrected chi connectivity index (χ4v) is 2.50. The third-order valence-electron chi connectivity index (χ3n) is 3.62. The summed E-state index contributed by atoms with van der Waals surface area (Å²) in [7, 11) is 0. The minimum Gasteiger partial charge on any atom is -0.481 e. The molecule has 0 fully saturated rings. The molecular formula is C20H25NO4. The van der Waals surface area contributed by atoms with Crippen molar-refractivity contribution in [3.05, 3.63) is 71.3 Å². The summed E-state index contributed by atoms with van der Waals surface area (Å²) < 4.78 is 0. The highest BCUT2D eigenvalue weighted by Crippen LogP contribution is 2.23. The first-order valence-electron chi connectivity index (χ1n) is 8.20. The van der Waals surface area contributed by atoms with E-state index in [-0.39, 0.29) is 0 Å². The highest BCUT2D eigenvalue weighted by Gasteiger charge is 2.19. The lowest BCUT2D eigenvalue weighted by Gasteiger charge is -2.16. The van der Waals surface area contributed by atoms with Gasteiger partial charge in [-0.2, -0.15) is 0 Å². The van der Waals surface area contributed by atoms with Crippen LogP contribution in [0.4, 0.5) is 0 Å². The predicted molar refractivity (Wildman–Crippen MR) is 97.4 cm³/mol. The van der Waals surface area contributed by atoms with E-state index in [9.17, 15) is 9.90 Å². The van der Waals surface area contributed by atoms with Crippen LogP contribution in [0.3, 0.4) is 0 Å². The summed E-state index contributed by atoms with van der Waals surface area (Å²) >= 11 is 0. The first-order valence-corrected chi connectivity index (χ1v) is 8.20. The largest absolute Gasteiger partial charge is 0.481 e. The van der Waals surface area contributed by atoms with Gasteiger partial charge in [0, 0.05) is 20.0 Å². The smallest absolute Gasteiger partial charge is 0.310 e. The van der Waals surface area contributed by atoms with Crippen molar-refractivity contribution >= 4 is 11.9 Å². The average Bonchev–Trinajstić information content (AvgIpc) is 2.57. The van der Waals surface area contributed by atoms with Gasteiger partial charge in [0.05, 0.1) is 5.92 Å². The molecule has 25 heavy (non-hydrogen) atoms. The third kappa shape index (κ3) is 7.63. The molecule has 5 heteroatoms. The lowest BCUT2D eigenvalue weighted by Crippen LogP contribution is -2.17. The SMILES string of the molecule is CC(=O)O.CCC(C(=O)O)c1ccccc1CNCc1ccccc1. The second-order valence-electron chi connectivity index (χ2n) is 5.61. The summed E-state index contributed by atoms with van der Waals surface area (Å²) in [5, 5.41) is 20.1. The zero-order valence-corrected chi connectivity index (χ0v) is 14.6. The third-order valence-corrected chi connectivity index (χ3v) is 3.62. The molecule has 0 saturated heterocycles. The molecule has 0 aliphatic rings. The van der Waals surface area contributed by atoms with Crippen LogP contribution in [-0.4, -0.2) is 22.2 Å². The quantitative estimate of drug-likeness (QED) is 0.714. The molecule has 0 bridgehead atoms. The van der Waals surface area contributed by atoms with Gasteiger partial charge in [0.2, 0.25) is 0 Å². The van der Waals surface area contributed by atoms with E-state index >= 15 is 0 Å². The zero-order chi connectivity index (χ0) is 18.7. The van der Waals surface area contributed by atoms with Crippen LogP contribution in [0, 0.1) is 0 Å². The van der Waals surface area contributed by atoms with Gasteiger partial charge in [-0.15, -0.1) is 0 Å². The highest BCUT2D eigenvalue weighted by molar-refractivity contribution is 5.76. The Hall–Kier alpha value is -2.66. The highest BCUT2D eigenvalue weighted by atomic mass is 16.4. The molecule has 3 N–H and O–H groups in total. The Morgan fingerprint density at radius 1 is 0.960 bits per heavy atom. The van der Waals surface area contributed by atoms with Crippen molar-refractivity contribution in [2.75, 3.05) is 0 Å². The van der Waals surface area contributed by atoms with Crippen molar-refractivity contribution in [1.82, 2.24) is 5.32 Å². The molecule has 1 unspecified atom stereocenters. The molecule has 1 atom stereocenters. The van der Waals surface area contributed by atoms with E-state index in [0.717, 1.165) is 24.6 Å². The van der Waals surface area contributed by atoms with Crippen LogP contribution in [0.15, 0.2) is 54.6 Å². The molecule has 5 nitrogen and oxygen atoms in total. The Labute approximate surface area is 148 Å². The maximum Gasteiger partial charge on any atom is 0.310 e. The topological polar surface area (TPSA) is 86.6 Å². The molecule has 0 heterocycles. The minimum atomic E-state index is -0.833. The average molecular weight is 343 g/mol. The number of carboxylic acids is 2. The second kappa shape index (κ2) is 11.0. The van der Waals surface area contributed by atoms with Gasteiger partial charge in [-0.25, -0.2) is 0 Å². The van der Waals surface area contributed by atoms with Gasteiger partial charge in [0.1, 0.15) is 0 Å². The van der Waals surface area contributed by atoms with Crippen LogP contribution in [0.2, 0.25) is 0 Å². The van der Waals surface area contributed by atoms with Crippen LogP contribution in [-0.2, 0) is 22.7 Å². The van der Waals surface area contributed by atoms with Gasteiger partial charge in [-0.05, 0) is 23.1 Å². The van der Waals surface area contributed by atoms with Gasteiger partial charge in [0.15, 0.2) is 0 Å². The number of hydrogen-bond donors (Lipinski definition) is 3. The lowest BCUT2D eigenvalue weighted by molar-refractivity contribution is -0.139. The normalized spacial score (nSPS) is 11.1. The number of hydrogen-bond acceptors (Lipinski definition) is 3. The summed E-state index contributed by atoms with van der Waals surface area (Å²) in [5.74, 6) is -2.02. The van der Waals surface area contributed by atoms with Gasteiger partial charge in [-0.1, -0.05) is 61.5 Å². The first kappa shape index (κ1) is 20.4. The van der Waals surface area contributed by atoms with Crippen molar-refractivity contribution in [1.29, 1.82) is 0 Å². The van der Waals surface area contributed by atoms with Crippen molar-refractivity contribution in [2.45, 2.75) is 39.3 Å². The van der Waals surface area contributed by atoms with E-state index in [1.54, 1.807) is 0 Å². The van der Waals surface area contributed by atoms with Gasteiger partial charge in [-0.3, -0.25) is 9.59 Å². The molecule has 2 aromatic rings. The summed E-state index contributed by atoms with van der Waals surface area (Å²) in [5.41, 5.74) is 3.19. The maximum absolute atomic E-state index is 11.4. The van der Waals surface area contributed by atoms with Crippen LogP contribution in [0.25, 0.3) is 0 Å². The standard InChI is InChI=1S/C18H21NO2.C2H4O2/c1-2-16(18(20)21)17-11-7-6-10-15(17)13-19-12-14-8-4-3-5-9-14;1-2(3)4/h3-11,16,19H,2,12-13H2,1H3,(H,20,21);1H3,(H,3,4). The number of benzene rings is 2. The first-order chi connectivity index (χ1) is 12.0. The molecule has 134 valence electrons.